The standard InChI is InChI=1S/C22H27N3O7S/c1-30-16-4-7-18(8-5-16)33(28,29)25-11-10-22(27)24(12-13-25)15-21(26)23-19-9-6-17(31-2)14-20(19)32-3/h4-9,14H,10-13,15H2,1-3H3,(H,23,26). The maximum absolute atomic E-state index is 13.0. The van der Waals surface area contributed by atoms with Crippen molar-refractivity contribution in [2.24, 2.45) is 0 Å². The monoisotopic (exact) mass is 477 g/mol. The van der Waals surface area contributed by atoms with Crippen molar-refractivity contribution in [3.05, 3.63) is 42.5 Å². The van der Waals surface area contributed by atoms with E-state index in [1.54, 1.807) is 30.3 Å². The van der Waals surface area contributed by atoms with Gasteiger partial charge in [0.25, 0.3) is 0 Å². The molecule has 0 unspecified atom stereocenters. The smallest absolute Gasteiger partial charge is 0.244 e. The van der Waals surface area contributed by atoms with Gasteiger partial charge in [-0.05, 0) is 36.4 Å². The number of anilines is 1. The van der Waals surface area contributed by atoms with Gasteiger partial charge < -0.3 is 24.4 Å². The molecule has 1 N–H and O–H groups in total. The van der Waals surface area contributed by atoms with Crippen LogP contribution in [0.2, 0.25) is 0 Å². The van der Waals surface area contributed by atoms with E-state index in [0.29, 0.717) is 22.9 Å². The highest BCUT2D eigenvalue weighted by molar-refractivity contribution is 7.89. The van der Waals surface area contributed by atoms with Gasteiger partial charge in [0.15, 0.2) is 0 Å². The fraction of sp³-hybridized carbons (Fsp3) is 0.364. The molecule has 1 fully saturated rings. The Morgan fingerprint density at radius 3 is 2.24 bits per heavy atom. The maximum atomic E-state index is 13.0. The molecule has 0 spiro atoms. The topological polar surface area (TPSA) is 114 Å². The van der Waals surface area contributed by atoms with Gasteiger partial charge in [0.2, 0.25) is 21.8 Å². The highest BCUT2D eigenvalue weighted by Gasteiger charge is 2.30. The largest absolute Gasteiger partial charge is 0.497 e. The van der Waals surface area contributed by atoms with E-state index in [2.05, 4.69) is 5.32 Å². The quantitative estimate of drug-likeness (QED) is 0.614. The second-order valence-electron chi connectivity index (χ2n) is 7.26. The number of hydrogen-bond acceptors (Lipinski definition) is 7. The maximum Gasteiger partial charge on any atom is 0.244 e. The van der Waals surface area contributed by atoms with Crippen LogP contribution >= 0.6 is 0 Å². The van der Waals surface area contributed by atoms with Gasteiger partial charge in [0.1, 0.15) is 17.2 Å². The first-order valence-electron chi connectivity index (χ1n) is 10.2. The summed E-state index contributed by atoms with van der Waals surface area (Å²) in [7, 11) is 0.716. The fourth-order valence-electron chi connectivity index (χ4n) is 3.42. The summed E-state index contributed by atoms with van der Waals surface area (Å²) in [4.78, 5) is 26.6. The Balaban J connectivity index is 1.65. The number of carbonyl (C=O) groups is 2. The van der Waals surface area contributed by atoms with Crippen molar-refractivity contribution >= 4 is 27.5 Å². The molecular formula is C22H27N3O7S. The number of hydrogen-bond donors (Lipinski definition) is 1. The average Bonchev–Trinajstić information content (AvgIpc) is 3.01. The lowest BCUT2D eigenvalue weighted by molar-refractivity contribution is -0.133. The third-order valence-corrected chi connectivity index (χ3v) is 7.17. The normalized spacial score (nSPS) is 15.0. The minimum absolute atomic E-state index is 0.0193. The molecule has 0 saturated carbocycles. The van der Waals surface area contributed by atoms with Crippen LogP contribution in [-0.2, 0) is 19.6 Å². The lowest BCUT2D eigenvalue weighted by Gasteiger charge is -2.22. The summed E-state index contributed by atoms with van der Waals surface area (Å²) in [5, 5.41) is 2.72. The Morgan fingerprint density at radius 2 is 1.61 bits per heavy atom. The number of amides is 2. The first kappa shape index (κ1) is 24.3. The van der Waals surface area contributed by atoms with Gasteiger partial charge in [-0.3, -0.25) is 9.59 Å². The van der Waals surface area contributed by atoms with Gasteiger partial charge in [0.05, 0.1) is 38.5 Å². The van der Waals surface area contributed by atoms with E-state index >= 15 is 0 Å². The summed E-state index contributed by atoms with van der Waals surface area (Å²) in [5.41, 5.74) is 0.439. The first-order chi connectivity index (χ1) is 15.8. The van der Waals surface area contributed by atoms with Gasteiger partial charge in [-0.1, -0.05) is 0 Å². The zero-order valence-electron chi connectivity index (χ0n) is 18.7. The predicted octanol–water partition coefficient (Wildman–Crippen LogP) is 1.57. The summed E-state index contributed by atoms with van der Waals surface area (Å²) < 4.78 is 42.7. The number of nitrogens with zero attached hydrogens (tertiary/aromatic N) is 2. The van der Waals surface area contributed by atoms with E-state index in [1.165, 1.54) is 42.7 Å². The molecule has 2 aromatic carbocycles. The van der Waals surface area contributed by atoms with Gasteiger partial charge in [-0.15, -0.1) is 0 Å². The first-order valence-corrected chi connectivity index (χ1v) is 11.7. The van der Waals surface area contributed by atoms with Crippen molar-refractivity contribution in [2.75, 3.05) is 52.8 Å². The third kappa shape index (κ3) is 5.74. The number of ether oxygens (including phenoxy) is 3. The second kappa shape index (κ2) is 10.5. The highest BCUT2D eigenvalue weighted by atomic mass is 32.2. The minimum atomic E-state index is -3.78. The number of rotatable bonds is 8. The molecule has 1 aliphatic heterocycles. The molecule has 1 heterocycles. The van der Waals surface area contributed by atoms with Gasteiger partial charge in [0, 0.05) is 32.1 Å². The summed E-state index contributed by atoms with van der Waals surface area (Å²) >= 11 is 0. The zero-order valence-corrected chi connectivity index (χ0v) is 19.6. The molecule has 1 saturated heterocycles. The van der Waals surface area contributed by atoms with Crippen LogP contribution in [0.15, 0.2) is 47.4 Å². The Bertz CT molecular complexity index is 1100. The zero-order chi connectivity index (χ0) is 24.0. The molecule has 0 atom stereocenters. The van der Waals surface area contributed by atoms with E-state index in [1.807, 2.05) is 0 Å². The van der Waals surface area contributed by atoms with Gasteiger partial charge in [-0.25, -0.2) is 8.42 Å². The lowest BCUT2D eigenvalue weighted by Crippen LogP contribution is -2.40. The molecule has 2 aromatic rings. The molecule has 0 aliphatic carbocycles. The highest BCUT2D eigenvalue weighted by Crippen LogP contribution is 2.29. The third-order valence-electron chi connectivity index (χ3n) is 5.26. The molecule has 10 nitrogen and oxygen atoms in total. The van der Waals surface area contributed by atoms with Crippen LogP contribution < -0.4 is 19.5 Å². The number of carbonyl (C=O) groups excluding carboxylic acids is 2. The number of methoxy groups -OCH3 is 3. The molecule has 0 radical (unpaired) electrons. The Morgan fingerprint density at radius 1 is 0.939 bits per heavy atom. The second-order valence-corrected chi connectivity index (χ2v) is 9.20. The molecule has 3 rings (SSSR count). The summed E-state index contributed by atoms with van der Waals surface area (Å²) in [5.74, 6) is 0.829. The van der Waals surface area contributed by atoms with E-state index in [9.17, 15) is 18.0 Å². The van der Waals surface area contributed by atoms with Crippen LogP contribution in [0.3, 0.4) is 0 Å². The Labute approximate surface area is 193 Å². The molecule has 0 aromatic heterocycles. The number of sulfonamides is 1. The van der Waals surface area contributed by atoms with Crippen molar-refractivity contribution < 1.29 is 32.2 Å². The molecule has 0 bridgehead atoms. The van der Waals surface area contributed by atoms with E-state index in [-0.39, 0.29) is 43.4 Å². The Kier molecular flexibility index (Phi) is 7.77. The summed E-state index contributed by atoms with van der Waals surface area (Å²) in [6, 6.07) is 11.0. The van der Waals surface area contributed by atoms with E-state index in [0.717, 1.165) is 0 Å². The van der Waals surface area contributed by atoms with Crippen molar-refractivity contribution in [3.8, 4) is 17.2 Å². The minimum Gasteiger partial charge on any atom is -0.497 e. The van der Waals surface area contributed by atoms with Crippen LogP contribution in [0.4, 0.5) is 5.69 Å². The van der Waals surface area contributed by atoms with Crippen molar-refractivity contribution in [3.63, 3.8) is 0 Å². The number of nitrogens with one attached hydrogen (secondary N) is 1. The van der Waals surface area contributed by atoms with Crippen LogP contribution in [0, 0.1) is 0 Å². The summed E-state index contributed by atoms with van der Waals surface area (Å²) in [6.07, 6.45) is -0.0193. The molecule has 11 heteroatoms. The fourth-order valence-corrected chi connectivity index (χ4v) is 4.85. The van der Waals surface area contributed by atoms with Gasteiger partial charge >= 0.3 is 0 Å². The van der Waals surface area contributed by atoms with Gasteiger partial charge in [-0.2, -0.15) is 4.31 Å². The lowest BCUT2D eigenvalue weighted by atomic mass is 10.2. The summed E-state index contributed by atoms with van der Waals surface area (Å²) in [6.45, 7) is 0.0166. The average molecular weight is 478 g/mol. The molecule has 2 amide bonds. The SMILES string of the molecule is COc1ccc(S(=O)(=O)N2CCC(=O)N(CC(=O)Nc3ccc(OC)cc3OC)CC2)cc1. The molecular weight excluding hydrogens is 450 g/mol. The van der Waals surface area contributed by atoms with Crippen LogP contribution in [0.5, 0.6) is 17.2 Å². The van der Waals surface area contributed by atoms with Crippen LogP contribution in [-0.4, -0.2) is 76.9 Å². The predicted molar refractivity (Wildman–Crippen MR) is 121 cm³/mol. The van der Waals surface area contributed by atoms with E-state index in [4.69, 9.17) is 14.2 Å². The molecule has 178 valence electrons. The van der Waals surface area contributed by atoms with Crippen LogP contribution in [0.1, 0.15) is 6.42 Å². The van der Waals surface area contributed by atoms with E-state index < -0.39 is 15.9 Å². The van der Waals surface area contributed by atoms with Crippen molar-refractivity contribution in [1.29, 1.82) is 0 Å². The molecule has 33 heavy (non-hydrogen) atoms. The molecule has 1 aliphatic rings. The van der Waals surface area contributed by atoms with Crippen LogP contribution in [0.25, 0.3) is 0 Å². The van der Waals surface area contributed by atoms with Crippen molar-refractivity contribution in [1.82, 2.24) is 9.21 Å². The Hall–Kier alpha value is -3.31. The van der Waals surface area contributed by atoms with Crippen molar-refractivity contribution in [2.45, 2.75) is 11.3 Å². The number of benzene rings is 2.